The van der Waals surface area contributed by atoms with Crippen molar-refractivity contribution < 1.29 is 54.5 Å². The third-order valence-electron chi connectivity index (χ3n) is 11.7. The fraction of sp³-hybridized carbons (Fsp3) is 0.333. The molecular formula is C45H39ClF6N8O6. The Balaban J connectivity index is 0.000000169. The number of piperazine rings is 1. The van der Waals surface area contributed by atoms with Crippen molar-refractivity contribution >= 4 is 23.4 Å². The summed E-state index contributed by atoms with van der Waals surface area (Å²) in [7, 11) is 0. The maximum absolute atomic E-state index is 13.1. The first kappa shape index (κ1) is 44.7. The molecule has 4 aliphatic rings. The fourth-order valence-corrected chi connectivity index (χ4v) is 8.99. The summed E-state index contributed by atoms with van der Waals surface area (Å²) in [6.07, 6.45) is -8.33. The van der Waals surface area contributed by atoms with Gasteiger partial charge in [0, 0.05) is 73.6 Å². The number of halogens is 7. The molecule has 14 nitrogen and oxygen atoms in total. The van der Waals surface area contributed by atoms with E-state index in [1.807, 2.05) is 38.1 Å². The molecule has 0 aliphatic carbocycles. The van der Waals surface area contributed by atoms with Crippen LogP contribution in [0.2, 0.25) is 0 Å². The predicted octanol–water partition coefficient (Wildman–Crippen LogP) is 8.48. The van der Waals surface area contributed by atoms with E-state index in [-0.39, 0.29) is 42.3 Å². The average Bonchev–Trinajstić information content (AvgIpc) is 4.13. The maximum Gasteiger partial charge on any atom is 0.573 e. The van der Waals surface area contributed by atoms with Crippen molar-refractivity contribution in [3.05, 3.63) is 129 Å². The minimum absolute atomic E-state index is 0.107. The van der Waals surface area contributed by atoms with Crippen molar-refractivity contribution in [2.24, 2.45) is 0 Å². The molecule has 10 rings (SSSR count). The van der Waals surface area contributed by atoms with Crippen molar-refractivity contribution in [2.45, 2.75) is 83.7 Å². The van der Waals surface area contributed by atoms with Gasteiger partial charge in [-0.05, 0) is 102 Å². The molecule has 0 saturated carbocycles. The van der Waals surface area contributed by atoms with Crippen molar-refractivity contribution in [3.63, 3.8) is 0 Å². The van der Waals surface area contributed by atoms with Gasteiger partial charge in [-0.3, -0.25) is 14.5 Å². The van der Waals surface area contributed by atoms with Crippen LogP contribution in [0.5, 0.6) is 11.5 Å². The van der Waals surface area contributed by atoms with E-state index in [4.69, 9.17) is 20.6 Å². The number of aromatic nitrogens is 4. The molecule has 2 bridgehead atoms. The van der Waals surface area contributed by atoms with E-state index in [0.717, 1.165) is 52.9 Å². The first-order valence-corrected chi connectivity index (χ1v) is 21.2. The molecule has 6 heterocycles. The Labute approximate surface area is 377 Å². The van der Waals surface area contributed by atoms with Gasteiger partial charge in [-0.15, -0.1) is 37.9 Å². The van der Waals surface area contributed by atoms with Gasteiger partial charge < -0.3 is 33.6 Å². The summed E-state index contributed by atoms with van der Waals surface area (Å²) in [5.74, 6) is 1.01. The number of likely N-dealkylation sites (tertiary alicyclic amines) is 1. The third-order valence-corrected chi connectivity index (χ3v) is 11.9. The molecule has 0 spiro atoms. The largest absolute Gasteiger partial charge is 0.573 e. The molecule has 2 saturated heterocycles. The van der Waals surface area contributed by atoms with E-state index in [2.05, 4.69) is 40.0 Å². The summed E-state index contributed by atoms with van der Waals surface area (Å²) in [5.41, 5.74) is 7.43. The second kappa shape index (κ2) is 17.7. The minimum atomic E-state index is -4.74. The maximum atomic E-state index is 13.1. The summed E-state index contributed by atoms with van der Waals surface area (Å²) >= 11 is 5.70. The van der Waals surface area contributed by atoms with Gasteiger partial charge in [0.25, 0.3) is 11.8 Å². The number of amides is 2. The topological polar surface area (TPSA) is 152 Å². The van der Waals surface area contributed by atoms with E-state index in [0.29, 0.717) is 77.4 Å². The highest BCUT2D eigenvalue weighted by molar-refractivity contribution is 6.16. The lowest BCUT2D eigenvalue weighted by molar-refractivity contribution is -0.275. The zero-order valence-electron chi connectivity index (χ0n) is 35.2. The van der Waals surface area contributed by atoms with Crippen molar-refractivity contribution in [3.8, 4) is 34.3 Å². The van der Waals surface area contributed by atoms with Gasteiger partial charge in [0.15, 0.2) is 0 Å². The number of nitrogens with zero attached hydrogens (tertiary/aromatic N) is 7. The van der Waals surface area contributed by atoms with Crippen LogP contribution in [0, 0.1) is 13.8 Å². The summed E-state index contributed by atoms with van der Waals surface area (Å²) in [5, 5.41) is 11.6. The molecule has 2 aromatic heterocycles. The monoisotopic (exact) mass is 936 g/mol. The Kier molecular flexibility index (Phi) is 12.0. The number of carbonyl (C=O) groups is 2. The first-order valence-electron chi connectivity index (χ1n) is 20.7. The quantitative estimate of drug-likeness (QED) is 0.0980. The van der Waals surface area contributed by atoms with Gasteiger partial charge in [0.05, 0.1) is 6.54 Å². The summed E-state index contributed by atoms with van der Waals surface area (Å²) in [4.78, 5) is 40.4. The normalized spacial score (nSPS) is 17.9. The van der Waals surface area contributed by atoms with Crippen LogP contribution in [-0.4, -0.2) is 84.7 Å². The van der Waals surface area contributed by atoms with Gasteiger partial charge >= 0.3 is 12.7 Å². The van der Waals surface area contributed by atoms with E-state index < -0.39 is 12.7 Å². The molecule has 21 heteroatoms. The summed E-state index contributed by atoms with van der Waals surface area (Å²) < 4.78 is 92.4. The zero-order chi connectivity index (χ0) is 46.5. The zero-order valence-corrected chi connectivity index (χ0v) is 35.9. The van der Waals surface area contributed by atoms with E-state index in [1.54, 1.807) is 9.80 Å². The molecule has 2 atom stereocenters. The number of aryl methyl sites for hydroxylation is 2. The number of hydrogen-bond donors (Lipinski definition) is 1. The lowest BCUT2D eigenvalue weighted by atomic mass is 10.00. The second-order valence-corrected chi connectivity index (χ2v) is 16.7. The van der Waals surface area contributed by atoms with Crippen LogP contribution in [0.1, 0.15) is 72.3 Å². The van der Waals surface area contributed by atoms with Crippen LogP contribution in [0.25, 0.3) is 22.8 Å². The number of ether oxygens (including phenoxy) is 2. The first-order chi connectivity index (χ1) is 31.4. The SMILES string of the molecule is Cc1cc(-c2noc(CCl)n2)cc2c1C(=O)N(Cc1ccc(OC(F)(F)F)cc1)C2.Cc1cc(-c2noc(CN3CC4CC3CN4)n2)cc2c1C(=O)N(Cc1ccc(OC(F)(F)F)cc1)C2. The molecular weight excluding hydrogens is 898 g/mol. The molecule has 2 amide bonds. The smallest absolute Gasteiger partial charge is 0.406 e. The Morgan fingerprint density at radius 3 is 1.58 bits per heavy atom. The number of hydrogen-bond acceptors (Lipinski definition) is 12. The Bertz CT molecular complexity index is 2780. The standard InChI is InChI=1S/C25H24F3N5O3.C20H15ClF3N3O3/c1-14-6-16(23-30-21(36-31-23)13-32-12-18-8-19(32)9-29-18)7-17-11-33(24(34)22(14)17)10-15-2-4-20(5-3-15)35-25(26,27)28;1-11-6-13(18-25-16(8-21)30-26-18)7-14-10-27(19(28)17(11)14)9-12-2-4-15(5-3-12)29-20(22,23)24/h2-7,18-19,29H,8-13H2,1H3;2-7H,8-10H2,1H3. The van der Waals surface area contributed by atoms with Gasteiger partial charge in [-0.25, -0.2) is 0 Å². The summed E-state index contributed by atoms with van der Waals surface area (Å²) in [6, 6.07) is 19.5. The molecule has 2 fully saturated rings. The molecule has 66 heavy (non-hydrogen) atoms. The molecule has 4 aliphatic heterocycles. The molecule has 6 aromatic rings. The van der Waals surface area contributed by atoms with Crippen molar-refractivity contribution in [1.29, 1.82) is 0 Å². The molecule has 1 N–H and O–H groups in total. The van der Waals surface area contributed by atoms with Crippen LogP contribution in [0.15, 0.2) is 81.8 Å². The third kappa shape index (κ3) is 9.85. The number of benzene rings is 4. The Morgan fingerprint density at radius 1 is 0.697 bits per heavy atom. The van der Waals surface area contributed by atoms with E-state index in [1.165, 1.54) is 48.5 Å². The Morgan fingerprint density at radius 2 is 1.17 bits per heavy atom. The Hall–Kier alpha value is -6.51. The second-order valence-electron chi connectivity index (χ2n) is 16.4. The van der Waals surface area contributed by atoms with Crippen LogP contribution in [0.3, 0.4) is 0 Å². The molecule has 2 unspecified atom stereocenters. The molecule has 4 aromatic carbocycles. The van der Waals surface area contributed by atoms with Gasteiger partial charge in [0.2, 0.25) is 23.4 Å². The number of carbonyl (C=O) groups excluding carboxylic acids is 2. The molecule has 0 radical (unpaired) electrons. The van der Waals surface area contributed by atoms with E-state index >= 15 is 0 Å². The minimum Gasteiger partial charge on any atom is -0.406 e. The number of rotatable bonds is 11. The highest BCUT2D eigenvalue weighted by Gasteiger charge is 2.39. The summed E-state index contributed by atoms with van der Waals surface area (Å²) in [6.45, 7) is 7.58. The highest BCUT2D eigenvalue weighted by Crippen LogP contribution is 2.35. The average molecular weight is 937 g/mol. The number of nitrogens with one attached hydrogen (secondary N) is 1. The lowest BCUT2D eigenvalue weighted by Gasteiger charge is -2.25. The van der Waals surface area contributed by atoms with Crippen LogP contribution >= 0.6 is 11.6 Å². The fourth-order valence-electron chi connectivity index (χ4n) is 8.88. The van der Waals surface area contributed by atoms with Crippen molar-refractivity contribution in [1.82, 2.24) is 40.3 Å². The predicted molar refractivity (Wildman–Crippen MR) is 223 cm³/mol. The van der Waals surface area contributed by atoms with Gasteiger partial charge in [-0.1, -0.05) is 34.6 Å². The van der Waals surface area contributed by atoms with Gasteiger partial charge in [0.1, 0.15) is 17.4 Å². The van der Waals surface area contributed by atoms with Crippen LogP contribution < -0.4 is 14.8 Å². The van der Waals surface area contributed by atoms with Crippen LogP contribution in [-0.2, 0) is 38.6 Å². The van der Waals surface area contributed by atoms with E-state index in [9.17, 15) is 35.9 Å². The molecule has 344 valence electrons. The number of alkyl halides is 7. The lowest BCUT2D eigenvalue weighted by Crippen LogP contribution is -2.43. The number of fused-ring (bicyclic) bond motifs is 4. The highest BCUT2D eigenvalue weighted by atomic mass is 35.5. The van der Waals surface area contributed by atoms with Gasteiger partial charge in [-0.2, -0.15) is 9.97 Å². The van der Waals surface area contributed by atoms with Crippen molar-refractivity contribution in [2.75, 3.05) is 13.1 Å². The van der Waals surface area contributed by atoms with Crippen LogP contribution in [0.4, 0.5) is 26.3 Å².